The van der Waals surface area contributed by atoms with Crippen LogP contribution in [0.15, 0.2) is 17.3 Å². The summed E-state index contributed by atoms with van der Waals surface area (Å²) in [6, 6.07) is 1.14. The summed E-state index contributed by atoms with van der Waals surface area (Å²) in [5.74, 6) is 1.10. The van der Waals surface area contributed by atoms with Crippen molar-refractivity contribution < 1.29 is 14.6 Å². The number of hydrogen-bond donors (Lipinski definition) is 1. The molecular weight excluding hydrogens is 228 g/mol. The summed E-state index contributed by atoms with van der Waals surface area (Å²) in [5.41, 5.74) is 0.398. The Kier molecular flexibility index (Phi) is 3.09. The zero-order valence-corrected chi connectivity index (χ0v) is 9.40. The summed E-state index contributed by atoms with van der Waals surface area (Å²) in [6.07, 6.45) is 2.30. The van der Waals surface area contributed by atoms with Crippen molar-refractivity contribution in [3.63, 3.8) is 0 Å². The van der Waals surface area contributed by atoms with Crippen LogP contribution >= 0.6 is 11.8 Å². The number of rotatable bonds is 3. The van der Waals surface area contributed by atoms with Gasteiger partial charge in [0.2, 0.25) is 0 Å². The van der Waals surface area contributed by atoms with Crippen LogP contribution in [0.2, 0.25) is 0 Å². The van der Waals surface area contributed by atoms with E-state index in [1.165, 1.54) is 31.1 Å². The fraction of sp³-hybridized carbons (Fsp3) is 0.300. The normalized spacial score (nSPS) is 19.3. The second kappa shape index (κ2) is 4.52. The number of carbonyl (C=O) groups excluding carboxylic acids is 1. The van der Waals surface area contributed by atoms with Crippen molar-refractivity contribution in [1.82, 2.24) is 4.98 Å². The van der Waals surface area contributed by atoms with Crippen LogP contribution in [-0.2, 0) is 4.79 Å². The molecule has 1 aromatic heterocycles. The predicted molar refractivity (Wildman–Crippen MR) is 61.3 cm³/mol. The number of pyridine rings is 1. The molecule has 16 heavy (non-hydrogen) atoms. The molecule has 2 rings (SSSR count). The maximum absolute atomic E-state index is 10.5. The Morgan fingerprint density at radius 2 is 2.50 bits per heavy atom. The molecule has 0 aromatic carbocycles. The zero-order valence-electron chi connectivity index (χ0n) is 8.58. The molecule has 0 radical (unpaired) electrons. The lowest BCUT2D eigenvalue weighted by atomic mass is 10.3. The monoisotopic (exact) mass is 238 g/mol. The first-order valence-corrected chi connectivity index (χ1v) is 5.62. The minimum atomic E-state index is -0.330. The van der Waals surface area contributed by atoms with Gasteiger partial charge in [0.15, 0.2) is 0 Å². The molecule has 1 unspecified atom stereocenters. The number of thioether (sulfide) groups is 1. The van der Waals surface area contributed by atoms with Crippen molar-refractivity contribution in [2.75, 3.05) is 12.9 Å². The van der Waals surface area contributed by atoms with Gasteiger partial charge in [-0.05, 0) is 0 Å². The molecule has 2 heterocycles. The van der Waals surface area contributed by atoms with Gasteiger partial charge in [-0.3, -0.25) is 4.99 Å². The molecule has 0 saturated heterocycles. The highest BCUT2D eigenvalue weighted by molar-refractivity contribution is 8.14. The number of carbonyl (C=O) groups is 1. The average molecular weight is 238 g/mol. The number of aliphatic imine (C=N–C) groups is 1. The van der Waals surface area contributed by atoms with E-state index >= 15 is 0 Å². The molecule has 0 amide bonds. The fourth-order valence-corrected chi connectivity index (χ4v) is 2.29. The van der Waals surface area contributed by atoms with Crippen molar-refractivity contribution in [2.45, 2.75) is 6.04 Å². The lowest BCUT2D eigenvalue weighted by molar-refractivity contribution is -0.108. The summed E-state index contributed by atoms with van der Waals surface area (Å²) in [7, 11) is 1.50. The van der Waals surface area contributed by atoms with Crippen LogP contribution < -0.4 is 4.74 Å². The van der Waals surface area contributed by atoms with Gasteiger partial charge in [0.05, 0.1) is 13.3 Å². The first-order chi connectivity index (χ1) is 7.74. The van der Waals surface area contributed by atoms with Crippen LogP contribution in [0.25, 0.3) is 0 Å². The van der Waals surface area contributed by atoms with Gasteiger partial charge in [0.25, 0.3) is 0 Å². The Morgan fingerprint density at radius 3 is 3.06 bits per heavy atom. The molecule has 0 spiro atoms. The van der Waals surface area contributed by atoms with Gasteiger partial charge >= 0.3 is 0 Å². The smallest absolute Gasteiger partial charge is 0.147 e. The lowest BCUT2D eigenvalue weighted by Crippen LogP contribution is -2.03. The number of aromatic hydroxyl groups is 1. The number of ether oxygens (including phenoxy) is 1. The minimum absolute atomic E-state index is 0.0112. The van der Waals surface area contributed by atoms with E-state index in [2.05, 4.69) is 9.98 Å². The van der Waals surface area contributed by atoms with Crippen LogP contribution in [-0.4, -0.2) is 40.3 Å². The van der Waals surface area contributed by atoms with E-state index < -0.39 is 0 Å². The van der Waals surface area contributed by atoms with Crippen molar-refractivity contribution in [1.29, 1.82) is 0 Å². The Bertz CT molecular complexity index is 448. The molecule has 1 aliphatic rings. The van der Waals surface area contributed by atoms with E-state index in [4.69, 9.17) is 4.74 Å². The second-order valence-electron chi connectivity index (χ2n) is 3.19. The molecule has 84 valence electrons. The van der Waals surface area contributed by atoms with Gasteiger partial charge in [-0.2, -0.15) is 0 Å². The van der Waals surface area contributed by atoms with Crippen LogP contribution in [0.1, 0.15) is 5.69 Å². The van der Waals surface area contributed by atoms with Gasteiger partial charge in [-0.25, -0.2) is 4.98 Å². The van der Waals surface area contributed by atoms with Crippen LogP contribution in [0.4, 0.5) is 0 Å². The number of methoxy groups -OCH3 is 1. The molecule has 1 aromatic rings. The molecule has 6 heteroatoms. The maximum Gasteiger partial charge on any atom is 0.147 e. The lowest BCUT2D eigenvalue weighted by Gasteiger charge is -2.04. The van der Waals surface area contributed by atoms with Crippen molar-refractivity contribution in [3.05, 3.63) is 18.0 Å². The molecule has 1 atom stereocenters. The van der Waals surface area contributed by atoms with E-state index in [0.717, 1.165) is 6.29 Å². The first kappa shape index (κ1) is 10.9. The largest absolute Gasteiger partial charge is 0.505 e. The molecule has 0 saturated carbocycles. The van der Waals surface area contributed by atoms with Gasteiger partial charge in [-0.15, -0.1) is 11.8 Å². The molecule has 0 fully saturated rings. The SMILES string of the molecule is COc1cnc(C2=NC(C=O)CS2)c(O)c1. The number of aldehydes is 1. The highest BCUT2D eigenvalue weighted by atomic mass is 32.2. The summed E-state index contributed by atoms with van der Waals surface area (Å²) >= 11 is 1.41. The van der Waals surface area contributed by atoms with Crippen molar-refractivity contribution in [2.24, 2.45) is 4.99 Å². The fourth-order valence-electron chi connectivity index (χ4n) is 1.30. The van der Waals surface area contributed by atoms with Gasteiger partial charge < -0.3 is 14.6 Å². The van der Waals surface area contributed by atoms with Crippen LogP contribution in [0.5, 0.6) is 11.5 Å². The van der Waals surface area contributed by atoms with E-state index in [-0.39, 0.29) is 11.8 Å². The van der Waals surface area contributed by atoms with Crippen LogP contribution in [0.3, 0.4) is 0 Å². The Balaban J connectivity index is 2.31. The first-order valence-electron chi connectivity index (χ1n) is 4.64. The van der Waals surface area contributed by atoms with E-state index in [1.54, 1.807) is 0 Å². The van der Waals surface area contributed by atoms with Gasteiger partial charge in [0.1, 0.15) is 34.6 Å². The average Bonchev–Trinajstić information content (AvgIpc) is 2.77. The Hall–Kier alpha value is -1.56. The third kappa shape index (κ3) is 2.01. The molecule has 1 N–H and O–H groups in total. The van der Waals surface area contributed by atoms with Gasteiger partial charge in [0, 0.05) is 11.8 Å². The summed E-state index contributed by atoms with van der Waals surface area (Å²) < 4.78 is 4.93. The van der Waals surface area contributed by atoms with E-state index in [0.29, 0.717) is 22.2 Å². The molecule has 0 bridgehead atoms. The van der Waals surface area contributed by atoms with Crippen molar-refractivity contribution >= 4 is 23.1 Å². The third-order valence-electron chi connectivity index (χ3n) is 2.11. The van der Waals surface area contributed by atoms with E-state index in [9.17, 15) is 9.90 Å². The highest BCUT2D eigenvalue weighted by Gasteiger charge is 2.22. The van der Waals surface area contributed by atoms with Gasteiger partial charge in [-0.1, -0.05) is 0 Å². The predicted octanol–water partition coefficient (Wildman–Crippen LogP) is 0.857. The Labute approximate surface area is 96.6 Å². The van der Waals surface area contributed by atoms with Crippen LogP contribution in [0, 0.1) is 0 Å². The molecule has 5 nitrogen and oxygen atoms in total. The molecular formula is C10H10N2O3S. The number of hydrogen-bond acceptors (Lipinski definition) is 6. The quantitative estimate of drug-likeness (QED) is 0.791. The molecule has 0 aliphatic carbocycles. The number of aromatic nitrogens is 1. The third-order valence-corrected chi connectivity index (χ3v) is 3.19. The summed E-state index contributed by atoms with van der Waals surface area (Å²) in [4.78, 5) is 18.7. The highest BCUT2D eigenvalue weighted by Crippen LogP contribution is 2.28. The summed E-state index contributed by atoms with van der Waals surface area (Å²) in [5, 5.41) is 10.3. The number of nitrogens with zero attached hydrogens (tertiary/aromatic N) is 2. The second-order valence-corrected chi connectivity index (χ2v) is 4.20. The zero-order chi connectivity index (χ0) is 11.5. The maximum atomic E-state index is 10.5. The van der Waals surface area contributed by atoms with E-state index in [1.807, 2.05) is 0 Å². The Morgan fingerprint density at radius 1 is 1.69 bits per heavy atom. The summed E-state index contributed by atoms with van der Waals surface area (Å²) in [6.45, 7) is 0. The molecule has 1 aliphatic heterocycles. The van der Waals surface area contributed by atoms with Crippen molar-refractivity contribution in [3.8, 4) is 11.5 Å². The topological polar surface area (TPSA) is 71.8 Å². The standard InChI is InChI=1S/C10H10N2O3S/c1-15-7-2-8(14)9(11-3-7)10-12-6(4-13)5-16-10/h2-4,6,14H,5H2,1H3. The minimum Gasteiger partial charge on any atom is -0.505 e.